The summed E-state index contributed by atoms with van der Waals surface area (Å²) in [7, 11) is -3.69. The quantitative estimate of drug-likeness (QED) is 0.676. The Bertz CT molecular complexity index is 842. The van der Waals surface area contributed by atoms with Crippen molar-refractivity contribution in [3.05, 3.63) is 57.5 Å². The van der Waals surface area contributed by atoms with Crippen LogP contribution in [0.1, 0.15) is 5.56 Å². The number of hydrogen-bond donors (Lipinski definition) is 3. The van der Waals surface area contributed by atoms with Crippen LogP contribution in [-0.4, -0.2) is 21.0 Å². The third-order valence-electron chi connectivity index (χ3n) is 3.13. The van der Waals surface area contributed by atoms with Crippen LogP contribution in [-0.2, 0) is 16.4 Å². The molecule has 24 heavy (non-hydrogen) atoms. The number of carbonyl (C=O) groups excluding carboxylic acids is 1. The van der Waals surface area contributed by atoms with E-state index in [9.17, 15) is 13.2 Å². The van der Waals surface area contributed by atoms with Crippen molar-refractivity contribution >= 4 is 49.3 Å². The SMILES string of the molecule is NS(=O)(=O)c1ccc(CCNC(=O)Nc2ccc(Br)cc2Cl)cc1. The monoisotopic (exact) mass is 431 g/mol. The molecule has 0 radical (unpaired) electrons. The van der Waals surface area contributed by atoms with E-state index in [1.165, 1.54) is 12.1 Å². The standard InChI is InChI=1S/C15H15BrClN3O3S/c16-11-3-6-14(13(17)9-11)20-15(21)19-8-7-10-1-4-12(5-2-10)24(18,22)23/h1-6,9H,7-8H2,(H2,18,22,23)(H2,19,20,21). The van der Waals surface area contributed by atoms with Gasteiger partial charge in [-0.15, -0.1) is 0 Å². The van der Waals surface area contributed by atoms with Crippen LogP contribution in [0.5, 0.6) is 0 Å². The van der Waals surface area contributed by atoms with Crippen molar-refractivity contribution in [3.8, 4) is 0 Å². The van der Waals surface area contributed by atoms with Crippen molar-refractivity contribution in [1.82, 2.24) is 5.32 Å². The van der Waals surface area contributed by atoms with Crippen LogP contribution in [0.25, 0.3) is 0 Å². The molecule has 0 saturated heterocycles. The molecule has 2 aromatic rings. The van der Waals surface area contributed by atoms with Gasteiger partial charge in [-0.3, -0.25) is 0 Å². The zero-order valence-corrected chi connectivity index (χ0v) is 15.6. The Kier molecular flexibility index (Phi) is 6.22. The van der Waals surface area contributed by atoms with Crippen LogP contribution in [0.3, 0.4) is 0 Å². The van der Waals surface area contributed by atoms with Crippen molar-refractivity contribution in [2.75, 3.05) is 11.9 Å². The van der Waals surface area contributed by atoms with Gasteiger partial charge in [0.2, 0.25) is 10.0 Å². The molecule has 4 N–H and O–H groups in total. The van der Waals surface area contributed by atoms with Gasteiger partial charge in [0.05, 0.1) is 15.6 Å². The van der Waals surface area contributed by atoms with Gasteiger partial charge in [0.25, 0.3) is 0 Å². The van der Waals surface area contributed by atoms with Crippen LogP contribution in [0.4, 0.5) is 10.5 Å². The van der Waals surface area contributed by atoms with Crippen LogP contribution >= 0.6 is 27.5 Å². The van der Waals surface area contributed by atoms with Crippen molar-refractivity contribution in [2.45, 2.75) is 11.3 Å². The van der Waals surface area contributed by atoms with Gasteiger partial charge in [-0.05, 0) is 42.3 Å². The highest BCUT2D eigenvalue weighted by molar-refractivity contribution is 9.10. The molecule has 2 amide bonds. The molecule has 0 aromatic heterocycles. The number of benzene rings is 2. The predicted molar refractivity (Wildman–Crippen MR) is 97.7 cm³/mol. The number of urea groups is 1. The molecule has 0 aliphatic heterocycles. The van der Waals surface area contributed by atoms with Crippen LogP contribution < -0.4 is 15.8 Å². The topological polar surface area (TPSA) is 101 Å². The number of anilines is 1. The highest BCUT2D eigenvalue weighted by Crippen LogP contribution is 2.25. The maximum Gasteiger partial charge on any atom is 0.319 e. The fraction of sp³-hybridized carbons (Fsp3) is 0.133. The van der Waals surface area contributed by atoms with E-state index in [0.717, 1.165) is 10.0 Å². The molecule has 2 rings (SSSR count). The maximum absolute atomic E-state index is 11.8. The molecule has 9 heteroatoms. The smallest absolute Gasteiger partial charge is 0.319 e. The summed E-state index contributed by atoms with van der Waals surface area (Å²) in [5, 5.41) is 10.8. The van der Waals surface area contributed by atoms with E-state index in [-0.39, 0.29) is 10.9 Å². The summed E-state index contributed by atoms with van der Waals surface area (Å²) < 4.78 is 23.2. The molecule has 0 fully saturated rings. The van der Waals surface area contributed by atoms with Gasteiger partial charge in [0.1, 0.15) is 0 Å². The number of rotatable bonds is 5. The van der Waals surface area contributed by atoms with E-state index >= 15 is 0 Å². The molecule has 0 saturated carbocycles. The minimum absolute atomic E-state index is 0.0573. The van der Waals surface area contributed by atoms with E-state index in [0.29, 0.717) is 23.7 Å². The summed E-state index contributed by atoms with van der Waals surface area (Å²) >= 11 is 9.31. The van der Waals surface area contributed by atoms with Gasteiger partial charge >= 0.3 is 6.03 Å². The van der Waals surface area contributed by atoms with Gasteiger partial charge in [-0.2, -0.15) is 0 Å². The van der Waals surface area contributed by atoms with Crippen LogP contribution in [0.15, 0.2) is 51.8 Å². The first-order valence-electron chi connectivity index (χ1n) is 6.87. The second-order valence-corrected chi connectivity index (χ2v) is 7.83. The molecular formula is C15H15BrClN3O3S. The van der Waals surface area contributed by atoms with Crippen molar-refractivity contribution in [2.24, 2.45) is 5.14 Å². The number of nitrogens with one attached hydrogen (secondary N) is 2. The summed E-state index contributed by atoms with van der Waals surface area (Å²) in [4.78, 5) is 11.9. The maximum atomic E-state index is 11.8. The van der Waals surface area contributed by atoms with Crippen LogP contribution in [0, 0.1) is 0 Å². The van der Waals surface area contributed by atoms with Crippen molar-refractivity contribution < 1.29 is 13.2 Å². The molecule has 2 aromatic carbocycles. The van der Waals surface area contributed by atoms with Gasteiger partial charge in [0, 0.05) is 11.0 Å². The Balaban J connectivity index is 1.84. The third-order valence-corrected chi connectivity index (χ3v) is 4.87. The van der Waals surface area contributed by atoms with E-state index in [2.05, 4.69) is 26.6 Å². The number of carbonyl (C=O) groups is 1. The van der Waals surface area contributed by atoms with Gasteiger partial charge in [-0.25, -0.2) is 18.4 Å². The number of hydrogen-bond acceptors (Lipinski definition) is 3. The summed E-state index contributed by atoms with van der Waals surface area (Å²) in [6.45, 7) is 0.384. The van der Waals surface area contributed by atoms with E-state index < -0.39 is 10.0 Å². The molecule has 0 unspecified atom stereocenters. The number of sulfonamides is 1. The molecule has 0 spiro atoms. The second kappa shape index (κ2) is 7.98. The molecular weight excluding hydrogens is 418 g/mol. The normalized spacial score (nSPS) is 11.1. The summed E-state index contributed by atoms with van der Waals surface area (Å²) in [5.41, 5.74) is 1.39. The third kappa shape index (κ3) is 5.48. The Hall–Kier alpha value is -1.61. The summed E-state index contributed by atoms with van der Waals surface area (Å²) in [6, 6.07) is 11.0. The Morgan fingerprint density at radius 1 is 1.17 bits per heavy atom. The highest BCUT2D eigenvalue weighted by Gasteiger charge is 2.08. The molecule has 0 bridgehead atoms. The molecule has 0 aliphatic carbocycles. The van der Waals surface area contributed by atoms with E-state index in [1.54, 1.807) is 30.3 Å². The minimum atomic E-state index is -3.69. The Labute approximate surface area is 153 Å². The zero-order valence-electron chi connectivity index (χ0n) is 12.4. The number of nitrogens with two attached hydrogens (primary N) is 1. The number of amides is 2. The zero-order chi connectivity index (χ0) is 17.7. The second-order valence-electron chi connectivity index (χ2n) is 4.94. The van der Waals surface area contributed by atoms with Gasteiger partial charge in [-0.1, -0.05) is 39.7 Å². The first-order valence-corrected chi connectivity index (χ1v) is 9.59. The predicted octanol–water partition coefficient (Wildman–Crippen LogP) is 3.11. The molecule has 0 aliphatic rings. The lowest BCUT2D eigenvalue weighted by molar-refractivity contribution is 0.252. The van der Waals surface area contributed by atoms with Crippen LogP contribution in [0.2, 0.25) is 5.02 Å². The Morgan fingerprint density at radius 3 is 2.42 bits per heavy atom. The minimum Gasteiger partial charge on any atom is -0.338 e. The average Bonchev–Trinajstić information content (AvgIpc) is 2.50. The lowest BCUT2D eigenvalue weighted by Crippen LogP contribution is -2.30. The number of halogens is 2. The first-order chi connectivity index (χ1) is 11.3. The fourth-order valence-corrected chi connectivity index (χ4v) is 3.16. The summed E-state index contributed by atoms with van der Waals surface area (Å²) in [5.74, 6) is 0. The van der Waals surface area contributed by atoms with Crippen molar-refractivity contribution in [3.63, 3.8) is 0 Å². The number of primary sulfonamides is 1. The summed E-state index contributed by atoms with van der Waals surface area (Å²) in [6.07, 6.45) is 0.548. The van der Waals surface area contributed by atoms with E-state index in [4.69, 9.17) is 16.7 Å². The van der Waals surface area contributed by atoms with E-state index in [1.807, 2.05) is 0 Å². The Morgan fingerprint density at radius 2 is 1.83 bits per heavy atom. The highest BCUT2D eigenvalue weighted by atomic mass is 79.9. The molecule has 0 heterocycles. The molecule has 0 atom stereocenters. The largest absolute Gasteiger partial charge is 0.338 e. The van der Waals surface area contributed by atoms with Gasteiger partial charge in [0.15, 0.2) is 0 Å². The van der Waals surface area contributed by atoms with Crippen molar-refractivity contribution in [1.29, 1.82) is 0 Å². The first kappa shape index (κ1) is 18.7. The molecule has 6 nitrogen and oxygen atoms in total. The van der Waals surface area contributed by atoms with Gasteiger partial charge < -0.3 is 10.6 Å². The average molecular weight is 433 g/mol. The molecule has 128 valence electrons. The lowest BCUT2D eigenvalue weighted by atomic mass is 10.1. The fourth-order valence-electron chi connectivity index (χ4n) is 1.92. The lowest BCUT2D eigenvalue weighted by Gasteiger charge is -2.09.